The van der Waals surface area contributed by atoms with Crippen molar-refractivity contribution < 1.29 is 4.79 Å². The third-order valence-corrected chi connectivity index (χ3v) is 5.74. The number of fused-ring (bicyclic) bond motifs is 1. The van der Waals surface area contributed by atoms with Crippen molar-refractivity contribution in [3.8, 4) is 0 Å². The molecule has 0 saturated heterocycles. The Hall–Kier alpha value is -1.55. The molecule has 0 atom stereocenters. The molecule has 0 unspecified atom stereocenters. The van der Waals surface area contributed by atoms with E-state index in [-0.39, 0.29) is 5.91 Å². The van der Waals surface area contributed by atoms with Crippen molar-refractivity contribution in [3.05, 3.63) is 68.0 Å². The number of nitrogens with one attached hydrogen (secondary N) is 1. The van der Waals surface area contributed by atoms with Gasteiger partial charge in [0, 0.05) is 21.3 Å². The standard InChI is InChI=1S/C18H15Cl2NOS/c1-10-4-3-5-15(20)14(10)9-21-18(22)17-11(2)13-8-12(19)6-7-16(13)23-17/h3-8H,9H2,1-2H3,(H,21,22). The van der Waals surface area contributed by atoms with E-state index in [0.717, 1.165) is 26.8 Å². The third-order valence-electron chi connectivity index (χ3n) is 3.88. The monoisotopic (exact) mass is 363 g/mol. The van der Waals surface area contributed by atoms with Crippen molar-refractivity contribution in [3.63, 3.8) is 0 Å². The molecule has 0 saturated carbocycles. The summed E-state index contributed by atoms with van der Waals surface area (Å²) in [5.41, 5.74) is 2.97. The van der Waals surface area contributed by atoms with Gasteiger partial charge in [-0.3, -0.25) is 4.79 Å². The van der Waals surface area contributed by atoms with Gasteiger partial charge in [-0.05, 0) is 60.2 Å². The molecular weight excluding hydrogens is 349 g/mol. The molecule has 0 spiro atoms. The zero-order chi connectivity index (χ0) is 16.6. The minimum absolute atomic E-state index is 0.0841. The smallest absolute Gasteiger partial charge is 0.261 e. The molecule has 3 aromatic rings. The van der Waals surface area contributed by atoms with E-state index < -0.39 is 0 Å². The summed E-state index contributed by atoms with van der Waals surface area (Å²) in [6.45, 7) is 4.35. The minimum atomic E-state index is -0.0841. The third kappa shape index (κ3) is 3.23. The van der Waals surface area contributed by atoms with Gasteiger partial charge in [0.2, 0.25) is 0 Å². The van der Waals surface area contributed by atoms with Crippen LogP contribution in [0, 0.1) is 13.8 Å². The van der Waals surface area contributed by atoms with Gasteiger partial charge < -0.3 is 5.32 Å². The van der Waals surface area contributed by atoms with Crippen molar-refractivity contribution in [1.82, 2.24) is 5.32 Å². The number of aryl methyl sites for hydroxylation is 2. The second-order valence-corrected chi connectivity index (χ2v) is 7.31. The lowest BCUT2D eigenvalue weighted by Crippen LogP contribution is -2.23. The van der Waals surface area contributed by atoms with E-state index in [0.29, 0.717) is 21.5 Å². The zero-order valence-corrected chi connectivity index (χ0v) is 15.1. The van der Waals surface area contributed by atoms with Gasteiger partial charge in [0.25, 0.3) is 5.91 Å². The minimum Gasteiger partial charge on any atom is -0.347 e. The SMILES string of the molecule is Cc1cccc(Cl)c1CNC(=O)c1sc2ccc(Cl)cc2c1C. The lowest BCUT2D eigenvalue weighted by atomic mass is 10.1. The number of amides is 1. The predicted molar refractivity (Wildman–Crippen MR) is 98.9 cm³/mol. The van der Waals surface area contributed by atoms with Crippen LogP contribution in [-0.2, 0) is 6.54 Å². The van der Waals surface area contributed by atoms with Crippen LogP contribution >= 0.6 is 34.5 Å². The van der Waals surface area contributed by atoms with Gasteiger partial charge in [-0.25, -0.2) is 0 Å². The molecule has 118 valence electrons. The first-order valence-corrected chi connectivity index (χ1v) is 8.75. The number of halogens is 2. The molecule has 1 amide bonds. The normalized spacial score (nSPS) is 11.0. The van der Waals surface area contributed by atoms with Crippen LogP contribution in [0.1, 0.15) is 26.4 Å². The van der Waals surface area contributed by atoms with Crippen LogP contribution in [0.25, 0.3) is 10.1 Å². The average Bonchev–Trinajstić information content (AvgIpc) is 2.83. The van der Waals surface area contributed by atoms with E-state index in [1.807, 2.05) is 50.2 Å². The van der Waals surface area contributed by atoms with Crippen LogP contribution in [0.5, 0.6) is 0 Å². The summed E-state index contributed by atoms with van der Waals surface area (Å²) in [7, 11) is 0. The van der Waals surface area contributed by atoms with Crippen molar-refractivity contribution in [2.45, 2.75) is 20.4 Å². The Balaban J connectivity index is 1.85. The molecule has 0 aliphatic carbocycles. The number of hydrogen-bond donors (Lipinski definition) is 1. The molecule has 0 radical (unpaired) electrons. The first-order chi connectivity index (χ1) is 11.0. The molecule has 23 heavy (non-hydrogen) atoms. The highest BCUT2D eigenvalue weighted by Crippen LogP contribution is 2.32. The summed E-state index contributed by atoms with van der Waals surface area (Å²) in [6.07, 6.45) is 0. The topological polar surface area (TPSA) is 29.1 Å². The average molecular weight is 364 g/mol. The maximum atomic E-state index is 12.5. The summed E-state index contributed by atoms with van der Waals surface area (Å²) in [4.78, 5) is 13.3. The van der Waals surface area contributed by atoms with Gasteiger partial charge in [0.15, 0.2) is 0 Å². The Morgan fingerprint density at radius 3 is 2.70 bits per heavy atom. The zero-order valence-electron chi connectivity index (χ0n) is 12.7. The van der Waals surface area contributed by atoms with E-state index in [1.54, 1.807) is 0 Å². The summed E-state index contributed by atoms with van der Waals surface area (Å²) < 4.78 is 1.06. The van der Waals surface area contributed by atoms with Gasteiger partial charge >= 0.3 is 0 Å². The number of hydrogen-bond acceptors (Lipinski definition) is 2. The van der Waals surface area contributed by atoms with Crippen LogP contribution in [0.3, 0.4) is 0 Å². The largest absolute Gasteiger partial charge is 0.347 e. The fraction of sp³-hybridized carbons (Fsp3) is 0.167. The summed E-state index contributed by atoms with van der Waals surface area (Å²) in [5.74, 6) is -0.0841. The lowest BCUT2D eigenvalue weighted by molar-refractivity contribution is 0.0954. The maximum Gasteiger partial charge on any atom is 0.261 e. The molecule has 0 fully saturated rings. The van der Waals surface area contributed by atoms with Gasteiger partial charge in [0.1, 0.15) is 0 Å². The first-order valence-electron chi connectivity index (χ1n) is 7.18. The quantitative estimate of drug-likeness (QED) is 0.629. The van der Waals surface area contributed by atoms with Crippen molar-refractivity contribution in [2.24, 2.45) is 0 Å². The summed E-state index contributed by atoms with van der Waals surface area (Å²) in [5, 5.41) is 5.35. The molecule has 1 aromatic heterocycles. The molecule has 0 aliphatic rings. The van der Waals surface area contributed by atoms with Crippen LogP contribution in [0.15, 0.2) is 36.4 Å². The van der Waals surface area contributed by atoms with Crippen LogP contribution in [-0.4, -0.2) is 5.91 Å². The number of rotatable bonds is 3. The van der Waals surface area contributed by atoms with Gasteiger partial charge in [0.05, 0.1) is 4.88 Å². The number of benzene rings is 2. The Morgan fingerprint density at radius 1 is 1.17 bits per heavy atom. The summed E-state index contributed by atoms with van der Waals surface area (Å²) in [6, 6.07) is 11.4. The molecule has 1 heterocycles. The number of thiophene rings is 1. The molecule has 3 rings (SSSR count). The molecule has 0 aliphatic heterocycles. The highest BCUT2D eigenvalue weighted by atomic mass is 35.5. The second-order valence-electron chi connectivity index (χ2n) is 5.41. The van der Waals surface area contributed by atoms with E-state index in [2.05, 4.69) is 5.32 Å². The van der Waals surface area contributed by atoms with Crippen molar-refractivity contribution in [1.29, 1.82) is 0 Å². The number of carbonyl (C=O) groups is 1. The number of carbonyl (C=O) groups excluding carboxylic acids is 1. The van der Waals surface area contributed by atoms with E-state index in [1.165, 1.54) is 11.3 Å². The van der Waals surface area contributed by atoms with Crippen LogP contribution in [0.4, 0.5) is 0 Å². The lowest BCUT2D eigenvalue weighted by Gasteiger charge is -2.09. The van der Waals surface area contributed by atoms with Crippen LogP contribution in [0.2, 0.25) is 10.0 Å². The Labute approximate surface area is 149 Å². The molecule has 0 bridgehead atoms. The Kier molecular flexibility index (Phi) is 4.62. The highest BCUT2D eigenvalue weighted by molar-refractivity contribution is 7.21. The molecule has 2 nitrogen and oxygen atoms in total. The van der Waals surface area contributed by atoms with Crippen LogP contribution < -0.4 is 5.32 Å². The first kappa shape index (κ1) is 16.3. The highest BCUT2D eigenvalue weighted by Gasteiger charge is 2.16. The molecule has 1 N–H and O–H groups in total. The Morgan fingerprint density at radius 2 is 1.96 bits per heavy atom. The molecule has 5 heteroatoms. The van der Waals surface area contributed by atoms with Gasteiger partial charge in [-0.1, -0.05) is 35.3 Å². The summed E-state index contributed by atoms with van der Waals surface area (Å²) >= 11 is 13.7. The van der Waals surface area contributed by atoms with Crippen molar-refractivity contribution >= 4 is 50.5 Å². The van der Waals surface area contributed by atoms with E-state index in [4.69, 9.17) is 23.2 Å². The van der Waals surface area contributed by atoms with Crippen molar-refractivity contribution in [2.75, 3.05) is 0 Å². The van der Waals surface area contributed by atoms with E-state index in [9.17, 15) is 4.79 Å². The second kappa shape index (κ2) is 6.52. The Bertz CT molecular complexity index is 881. The van der Waals surface area contributed by atoms with E-state index >= 15 is 0 Å². The predicted octanol–water partition coefficient (Wildman–Crippen LogP) is 5.75. The fourth-order valence-corrected chi connectivity index (χ4v) is 4.12. The fourth-order valence-electron chi connectivity index (χ4n) is 2.55. The maximum absolute atomic E-state index is 12.5. The van der Waals surface area contributed by atoms with Gasteiger partial charge in [-0.2, -0.15) is 0 Å². The van der Waals surface area contributed by atoms with Gasteiger partial charge in [-0.15, -0.1) is 11.3 Å². The molecule has 2 aromatic carbocycles. The molecular formula is C18H15Cl2NOS.